The van der Waals surface area contributed by atoms with Crippen LogP contribution in [-0.2, 0) is 11.2 Å². The Kier molecular flexibility index (Phi) is 4.47. The Balaban J connectivity index is 1.68. The van der Waals surface area contributed by atoms with Gasteiger partial charge >= 0.3 is 0 Å². The molecule has 1 aliphatic heterocycles. The summed E-state index contributed by atoms with van der Waals surface area (Å²) in [6, 6.07) is 11.7. The summed E-state index contributed by atoms with van der Waals surface area (Å²) in [6.07, 6.45) is 7.50. The molecule has 0 bridgehead atoms. The molecule has 4 rings (SSSR count). The highest BCUT2D eigenvalue weighted by molar-refractivity contribution is 7.10. The van der Waals surface area contributed by atoms with E-state index in [-0.39, 0.29) is 11.9 Å². The van der Waals surface area contributed by atoms with Gasteiger partial charge in [-0.2, -0.15) is 0 Å². The zero-order valence-corrected chi connectivity index (χ0v) is 15.0. The molecule has 1 aromatic carbocycles. The van der Waals surface area contributed by atoms with Crippen molar-refractivity contribution in [3.05, 3.63) is 87.0 Å². The summed E-state index contributed by atoms with van der Waals surface area (Å²) in [4.78, 5) is 16.0. The number of amides is 1. The van der Waals surface area contributed by atoms with E-state index in [0.717, 1.165) is 17.5 Å². The number of hydrogen-bond donors (Lipinski definition) is 0. The first kappa shape index (κ1) is 16.2. The van der Waals surface area contributed by atoms with Crippen molar-refractivity contribution in [1.82, 2.24) is 4.90 Å². The zero-order chi connectivity index (χ0) is 17.2. The summed E-state index contributed by atoms with van der Waals surface area (Å²) in [5.41, 5.74) is 3.29. The molecule has 3 nitrogen and oxygen atoms in total. The SMILES string of the molecule is O=C(/C=C/c1ccoc1)N1CCc2ccsc2C1c1ccc(Cl)cc1. The predicted octanol–water partition coefficient (Wildman–Crippen LogP) is 5.18. The Labute approximate surface area is 155 Å². The lowest BCUT2D eigenvalue weighted by molar-refractivity contribution is -0.127. The number of thiophene rings is 1. The fraction of sp³-hybridized carbons (Fsp3) is 0.150. The van der Waals surface area contributed by atoms with E-state index < -0.39 is 0 Å². The summed E-state index contributed by atoms with van der Waals surface area (Å²) in [6.45, 7) is 0.700. The average Bonchev–Trinajstić information content (AvgIpc) is 3.31. The molecule has 3 heterocycles. The van der Waals surface area contributed by atoms with E-state index >= 15 is 0 Å². The van der Waals surface area contributed by atoms with Gasteiger partial charge in [0.25, 0.3) is 0 Å². The topological polar surface area (TPSA) is 33.5 Å². The monoisotopic (exact) mass is 369 g/mol. The predicted molar refractivity (Wildman–Crippen MR) is 101 cm³/mol. The zero-order valence-electron chi connectivity index (χ0n) is 13.4. The first-order chi connectivity index (χ1) is 12.2. The molecule has 1 unspecified atom stereocenters. The molecular formula is C20H16ClNO2S. The number of benzene rings is 1. The van der Waals surface area contributed by atoms with E-state index in [4.69, 9.17) is 16.0 Å². The van der Waals surface area contributed by atoms with Crippen molar-refractivity contribution < 1.29 is 9.21 Å². The molecule has 2 aromatic heterocycles. The maximum absolute atomic E-state index is 12.9. The van der Waals surface area contributed by atoms with Gasteiger partial charge in [0.1, 0.15) is 0 Å². The van der Waals surface area contributed by atoms with Crippen LogP contribution in [0.3, 0.4) is 0 Å². The van der Waals surface area contributed by atoms with Gasteiger partial charge in [0, 0.05) is 28.1 Å². The van der Waals surface area contributed by atoms with E-state index in [0.29, 0.717) is 11.6 Å². The Bertz CT molecular complexity index is 896. The lowest BCUT2D eigenvalue weighted by Gasteiger charge is -2.35. The summed E-state index contributed by atoms with van der Waals surface area (Å²) in [5.74, 6) is 0.000185. The molecule has 0 saturated carbocycles. The third kappa shape index (κ3) is 3.28. The van der Waals surface area contributed by atoms with Crippen LogP contribution in [0.1, 0.15) is 27.6 Å². The fourth-order valence-electron chi connectivity index (χ4n) is 3.15. The summed E-state index contributed by atoms with van der Waals surface area (Å²) >= 11 is 7.74. The van der Waals surface area contributed by atoms with Crippen molar-refractivity contribution in [1.29, 1.82) is 0 Å². The van der Waals surface area contributed by atoms with Crippen LogP contribution in [0.25, 0.3) is 6.08 Å². The van der Waals surface area contributed by atoms with E-state index in [1.807, 2.05) is 35.2 Å². The summed E-state index contributed by atoms with van der Waals surface area (Å²) in [5, 5.41) is 2.80. The first-order valence-corrected chi connectivity index (χ1v) is 9.31. The van der Waals surface area contributed by atoms with Gasteiger partial charge in [-0.25, -0.2) is 0 Å². The van der Waals surface area contributed by atoms with Crippen molar-refractivity contribution in [3.8, 4) is 0 Å². The highest BCUT2D eigenvalue weighted by Crippen LogP contribution is 2.39. The van der Waals surface area contributed by atoms with Crippen molar-refractivity contribution in [3.63, 3.8) is 0 Å². The summed E-state index contributed by atoms with van der Waals surface area (Å²) in [7, 11) is 0. The van der Waals surface area contributed by atoms with Crippen LogP contribution in [0.4, 0.5) is 0 Å². The van der Waals surface area contributed by atoms with Crippen LogP contribution >= 0.6 is 22.9 Å². The number of nitrogens with zero attached hydrogens (tertiary/aromatic N) is 1. The fourth-order valence-corrected chi connectivity index (χ4v) is 4.37. The van der Waals surface area contributed by atoms with Crippen LogP contribution < -0.4 is 0 Å². The van der Waals surface area contributed by atoms with Crippen molar-refractivity contribution in [2.75, 3.05) is 6.54 Å². The van der Waals surface area contributed by atoms with Gasteiger partial charge in [0.15, 0.2) is 0 Å². The average molecular weight is 370 g/mol. The second-order valence-electron chi connectivity index (χ2n) is 5.94. The Morgan fingerprint density at radius 3 is 2.84 bits per heavy atom. The first-order valence-electron chi connectivity index (χ1n) is 8.05. The van der Waals surface area contributed by atoms with Gasteiger partial charge in [-0.3, -0.25) is 4.79 Å². The normalized spacial score (nSPS) is 17.0. The quantitative estimate of drug-likeness (QED) is 0.596. The molecule has 1 amide bonds. The minimum Gasteiger partial charge on any atom is -0.472 e. The number of halogens is 1. The molecule has 0 fully saturated rings. The van der Waals surface area contributed by atoms with Gasteiger partial charge < -0.3 is 9.32 Å². The second kappa shape index (κ2) is 6.90. The number of rotatable bonds is 3. The van der Waals surface area contributed by atoms with Crippen LogP contribution in [0.5, 0.6) is 0 Å². The van der Waals surface area contributed by atoms with Gasteiger partial charge in [-0.1, -0.05) is 23.7 Å². The van der Waals surface area contributed by atoms with Gasteiger partial charge in [-0.15, -0.1) is 11.3 Å². The maximum Gasteiger partial charge on any atom is 0.247 e. The molecule has 5 heteroatoms. The number of carbonyl (C=O) groups excluding carboxylic acids is 1. The molecule has 1 atom stereocenters. The number of carbonyl (C=O) groups is 1. The molecule has 1 aliphatic rings. The van der Waals surface area contributed by atoms with Crippen LogP contribution in [0.2, 0.25) is 5.02 Å². The largest absolute Gasteiger partial charge is 0.472 e. The molecule has 0 radical (unpaired) electrons. The molecule has 25 heavy (non-hydrogen) atoms. The van der Waals surface area contributed by atoms with Gasteiger partial charge in [0.2, 0.25) is 5.91 Å². The van der Waals surface area contributed by atoms with E-state index in [9.17, 15) is 4.79 Å². The van der Waals surface area contributed by atoms with Gasteiger partial charge in [-0.05, 0) is 53.3 Å². The van der Waals surface area contributed by atoms with Gasteiger partial charge in [0.05, 0.1) is 18.6 Å². The van der Waals surface area contributed by atoms with E-state index in [1.165, 1.54) is 10.4 Å². The van der Waals surface area contributed by atoms with Crippen molar-refractivity contribution >= 4 is 34.9 Å². The number of furan rings is 1. The molecule has 0 saturated heterocycles. The lowest BCUT2D eigenvalue weighted by Crippen LogP contribution is -2.39. The number of hydrogen-bond acceptors (Lipinski definition) is 3. The lowest BCUT2D eigenvalue weighted by atomic mass is 9.95. The number of fused-ring (bicyclic) bond motifs is 1. The van der Waals surface area contributed by atoms with Crippen molar-refractivity contribution in [2.24, 2.45) is 0 Å². The van der Waals surface area contributed by atoms with Crippen LogP contribution in [0, 0.1) is 0 Å². The minimum absolute atomic E-state index is 0.000185. The molecule has 0 N–H and O–H groups in total. The maximum atomic E-state index is 12.9. The van der Waals surface area contributed by atoms with E-state index in [2.05, 4.69) is 11.4 Å². The highest BCUT2D eigenvalue weighted by atomic mass is 35.5. The minimum atomic E-state index is -0.0671. The third-order valence-corrected chi connectivity index (χ3v) is 5.66. The Hall–Kier alpha value is -2.30. The molecule has 126 valence electrons. The summed E-state index contributed by atoms with van der Waals surface area (Å²) < 4.78 is 5.04. The Morgan fingerprint density at radius 1 is 1.24 bits per heavy atom. The molecule has 0 aliphatic carbocycles. The third-order valence-electron chi connectivity index (χ3n) is 4.39. The molecular weight excluding hydrogens is 354 g/mol. The Morgan fingerprint density at radius 2 is 2.08 bits per heavy atom. The standard InChI is InChI=1S/C20H16ClNO2S/c21-17-4-2-15(3-5-17)19-20-16(9-12-25-20)7-10-22(19)18(23)6-1-14-8-11-24-13-14/h1-6,8-9,11-13,19H,7,10H2/b6-1+. The van der Waals surface area contributed by atoms with Crippen LogP contribution in [0.15, 0.2) is 64.8 Å². The molecule has 3 aromatic rings. The highest BCUT2D eigenvalue weighted by Gasteiger charge is 2.32. The van der Waals surface area contributed by atoms with Crippen LogP contribution in [-0.4, -0.2) is 17.4 Å². The second-order valence-corrected chi connectivity index (χ2v) is 7.32. The molecule has 0 spiro atoms. The van der Waals surface area contributed by atoms with Crippen molar-refractivity contribution in [2.45, 2.75) is 12.5 Å². The smallest absolute Gasteiger partial charge is 0.247 e. The van der Waals surface area contributed by atoms with E-state index in [1.54, 1.807) is 36.0 Å².